The molecule has 0 bridgehead atoms. The highest BCUT2D eigenvalue weighted by Crippen LogP contribution is 2.30. The SMILES string of the molecule is C(=NN1CCCCC1)=c1cc2c(cn1)=Nc1ccccc1-2. The second-order valence-corrected chi connectivity index (χ2v) is 5.44. The van der Waals surface area contributed by atoms with Crippen molar-refractivity contribution in [2.75, 3.05) is 13.1 Å². The maximum Gasteiger partial charge on any atom is 0.127 e. The predicted octanol–water partition coefficient (Wildman–Crippen LogP) is 1.76. The lowest BCUT2D eigenvalue weighted by molar-refractivity contribution is 0.241. The molecule has 0 spiro atoms. The molecule has 104 valence electrons. The highest BCUT2D eigenvalue weighted by molar-refractivity contribution is 5.79. The Bertz CT molecular complexity index is 828. The molecule has 4 rings (SSSR count). The van der Waals surface area contributed by atoms with Crippen LogP contribution >= 0.6 is 0 Å². The Morgan fingerprint density at radius 2 is 1.90 bits per heavy atom. The molecular formula is C17H16N4. The fourth-order valence-electron chi connectivity index (χ4n) is 2.84. The van der Waals surface area contributed by atoms with Gasteiger partial charge in [-0.25, -0.2) is 9.98 Å². The number of para-hydroxylation sites is 1. The van der Waals surface area contributed by atoms with Gasteiger partial charge in [-0.3, -0.25) is 5.01 Å². The van der Waals surface area contributed by atoms with Crippen LogP contribution in [0.25, 0.3) is 11.1 Å². The van der Waals surface area contributed by atoms with E-state index in [0.29, 0.717) is 0 Å². The van der Waals surface area contributed by atoms with Crippen LogP contribution in [0, 0.1) is 0 Å². The second-order valence-electron chi connectivity index (χ2n) is 5.44. The summed E-state index contributed by atoms with van der Waals surface area (Å²) in [4.78, 5) is 8.97. The van der Waals surface area contributed by atoms with E-state index in [1.165, 1.54) is 19.3 Å². The number of hydrogen-bond acceptors (Lipinski definition) is 4. The van der Waals surface area contributed by atoms with E-state index in [1.807, 2.05) is 30.5 Å². The molecule has 1 aromatic carbocycles. The van der Waals surface area contributed by atoms with Crippen LogP contribution in [0.1, 0.15) is 19.3 Å². The number of fused-ring (bicyclic) bond motifs is 3. The first kappa shape index (κ1) is 12.3. The molecule has 0 N–H and O–H groups in total. The molecular weight excluding hydrogens is 260 g/mol. The van der Waals surface area contributed by atoms with Crippen molar-refractivity contribution in [2.45, 2.75) is 19.3 Å². The van der Waals surface area contributed by atoms with Crippen molar-refractivity contribution >= 4 is 11.6 Å². The van der Waals surface area contributed by atoms with Gasteiger partial charge in [-0.05, 0) is 31.4 Å². The van der Waals surface area contributed by atoms with E-state index in [9.17, 15) is 0 Å². The molecule has 0 unspecified atom stereocenters. The van der Waals surface area contributed by atoms with Crippen LogP contribution in [-0.4, -0.2) is 29.0 Å². The van der Waals surface area contributed by atoms with Crippen LogP contribution in [0.5, 0.6) is 0 Å². The summed E-state index contributed by atoms with van der Waals surface area (Å²) in [7, 11) is 0. The molecule has 0 atom stereocenters. The van der Waals surface area contributed by atoms with E-state index in [1.54, 1.807) is 0 Å². The van der Waals surface area contributed by atoms with E-state index in [2.05, 4.69) is 32.0 Å². The molecule has 3 heterocycles. The fraction of sp³-hybridized carbons (Fsp3) is 0.294. The van der Waals surface area contributed by atoms with Gasteiger partial charge in [-0.15, -0.1) is 5.10 Å². The lowest BCUT2D eigenvalue weighted by Gasteiger charge is -2.21. The highest BCUT2D eigenvalue weighted by Gasteiger charge is 2.12. The third-order valence-electron chi connectivity index (χ3n) is 3.96. The van der Waals surface area contributed by atoms with Gasteiger partial charge in [-0.1, -0.05) is 18.2 Å². The zero-order valence-electron chi connectivity index (χ0n) is 11.8. The lowest BCUT2D eigenvalue weighted by atomic mass is 10.1. The van der Waals surface area contributed by atoms with E-state index in [-0.39, 0.29) is 0 Å². The summed E-state index contributed by atoms with van der Waals surface area (Å²) in [5.41, 5.74) is 3.30. The molecule has 1 fully saturated rings. The van der Waals surface area contributed by atoms with Crippen LogP contribution in [-0.2, 0) is 0 Å². The predicted molar refractivity (Wildman–Crippen MR) is 82.1 cm³/mol. The standard InChI is InChI=1S/C17H16N4/c1-4-8-21(9-5-1)19-11-13-10-15-14-6-2-3-7-16(14)20-17(15)12-18-13/h2-3,6-7,10,12H,1,4-5,8-9H2. The normalized spacial score (nSPS) is 15.7. The lowest BCUT2D eigenvalue weighted by Crippen LogP contribution is -2.25. The van der Waals surface area contributed by atoms with Crippen molar-refractivity contribution in [3.63, 3.8) is 0 Å². The third kappa shape index (κ3) is 2.34. The minimum absolute atomic E-state index is 0.770. The molecule has 0 radical (unpaired) electrons. The largest absolute Gasteiger partial charge is 0.289 e. The highest BCUT2D eigenvalue weighted by atomic mass is 15.4. The van der Waals surface area contributed by atoms with Crippen molar-refractivity contribution in [3.05, 3.63) is 47.2 Å². The molecule has 0 saturated carbocycles. The van der Waals surface area contributed by atoms with Crippen molar-refractivity contribution in [3.8, 4) is 11.1 Å². The Hall–Kier alpha value is -2.45. The first-order valence-electron chi connectivity index (χ1n) is 7.43. The molecule has 1 aromatic heterocycles. The van der Waals surface area contributed by atoms with Gasteiger partial charge in [0.1, 0.15) is 5.35 Å². The first-order valence-corrected chi connectivity index (χ1v) is 7.43. The summed E-state index contributed by atoms with van der Waals surface area (Å²) in [5, 5.41) is 8.21. The molecule has 0 amide bonds. The van der Waals surface area contributed by atoms with Gasteiger partial charge in [0.05, 0.1) is 17.2 Å². The summed E-state index contributed by atoms with van der Waals surface area (Å²) in [6.07, 6.45) is 5.55. The van der Waals surface area contributed by atoms with E-state index < -0.39 is 0 Å². The Morgan fingerprint density at radius 1 is 1.05 bits per heavy atom. The summed E-state index contributed by atoms with van der Waals surface area (Å²) in [5.74, 6) is 3.07. The molecule has 0 aliphatic carbocycles. The average molecular weight is 276 g/mol. The first-order chi connectivity index (χ1) is 10.4. The van der Waals surface area contributed by atoms with Crippen molar-refractivity contribution in [1.29, 1.82) is 0 Å². The maximum atomic E-state index is 4.57. The van der Waals surface area contributed by atoms with Gasteiger partial charge in [0, 0.05) is 30.1 Å². The Kier molecular flexibility index (Phi) is 3.02. The maximum absolute atomic E-state index is 4.57. The van der Waals surface area contributed by atoms with Crippen LogP contribution in [0.15, 0.2) is 46.6 Å². The topological polar surface area (TPSA) is 40.9 Å². The number of hydrogen-bond donors (Lipinski definition) is 0. The number of hydrazone groups is 1. The van der Waals surface area contributed by atoms with Crippen molar-refractivity contribution < 1.29 is 0 Å². The second kappa shape index (κ2) is 5.15. The van der Waals surface area contributed by atoms with Gasteiger partial charge < -0.3 is 0 Å². The monoisotopic (exact) mass is 276 g/mol. The minimum Gasteiger partial charge on any atom is -0.289 e. The fourth-order valence-corrected chi connectivity index (χ4v) is 2.84. The van der Waals surface area contributed by atoms with Crippen molar-refractivity contribution in [1.82, 2.24) is 9.99 Å². The van der Waals surface area contributed by atoms with Crippen LogP contribution in [0.4, 0.5) is 5.69 Å². The van der Waals surface area contributed by atoms with Gasteiger partial charge in [0.25, 0.3) is 0 Å². The molecule has 4 nitrogen and oxygen atoms in total. The zero-order chi connectivity index (χ0) is 14.1. The number of piperidine rings is 1. The number of pyridine rings is 1. The number of rotatable bonds is 1. The molecule has 2 aliphatic rings. The van der Waals surface area contributed by atoms with Crippen LogP contribution < -0.4 is 10.7 Å². The molecule has 2 aliphatic heterocycles. The molecule has 2 aromatic rings. The zero-order valence-corrected chi connectivity index (χ0v) is 11.8. The molecule has 21 heavy (non-hydrogen) atoms. The summed E-state index contributed by atoms with van der Waals surface area (Å²) in [6, 6.07) is 10.2. The van der Waals surface area contributed by atoms with E-state index in [0.717, 1.165) is 40.6 Å². The van der Waals surface area contributed by atoms with E-state index in [4.69, 9.17) is 0 Å². The summed E-state index contributed by atoms with van der Waals surface area (Å²) >= 11 is 0. The van der Waals surface area contributed by atoms with E-state index >= 15 is 0 Å². The molecule has 1 saturated heterocycles. The van der Waals surface area contributed by atoms with Gasteiger partial charge in [-0.2, -0.15) is 0 Å². The van der Waals surface area contributed by atoms with Gasteiger partial charge in [0.2, 0.25) is 0 Å². The Morgan fingerprint density at radius 3 is 2.81 bits per heavy atom. The van der Waals surface area contributed by atoms with Crippen LogP contribution in [0.2, 0.25) is 0 Å². The number of nitrogens with zero attached hydrogens (tertiary/aromatic N) is 4. The van der Waals surface area contributed by atoms with Gasteiger partial charge in [0.15, 0.2) is 0 Å². The van der Waals surface area contributed by atoms with Gasteiger partial charge >= 0.3 is 0 Å². The number of benzene rings is 1. The average Bonchev–Trinajstić information content (AvgIpc) is 2.92. The quantitative estimate of drug-likeness (QED) is 0.635. The summed E-state index contributed by atoms with van der Waals surface area (Å²) in [6.45, 7) is 2.05. The summed E-state index contributed by atoms with van der Waals surface area (Å²) < 4.78 is 0. The Labute approximate surface area is 123 Å². The molecule has 4 heteroatoms. The minimum atomic E-state index is 0.770. The van der Waals surface area contributed by atoms with Crippen LogP contribution in [0.3, 0.4) is 0 Å². The Balaban J connectivity index is 1.75. The number of aromatic nitrogens is 1. The third-order valence-corrected chi connectivity index (χ3v) is 3.96. The van der Waals surface area contributed by atoms with Crippen molar-refractivity contribution in [2.24, 2.45) is 10.1 Å². The smallest absolute Gasteiger partial charge is 0.127 e.